The molecule has 0 heterocycles. The fourth-order valence-electron chi connectivity index (χ4n) is 2.42. The van der Waals surface area contributed by atoms with Crippen molar-refractivity contribution in [3.8, 4) is 11.5 Å². The van der Waals surface area contributed by atoms with Crippen molar-refractivity contribution in [2.45, 2.75) is 19.3 Å². The third-order valence-electron chi connectivity index (χ3n) is 3.84. The first-order valence-corrected chi connectivity index (χ1v) is 9.91. The standard InChI is InChI=1S/C19H22Br2O2/c1-19(2,15-3-7-17(8-4-15)22-13-11-20)16-5-9-18(10-6-16)23-14-12-21/h3-10H,11-14H2,1-2H3. The van der Waals surface area contributed by atoms with Gasteiger partial charge in [-0.2, -0.15) is 0 Å². The molecule has 2 nitrogen and oxygen atoms in total. The summed E-state index contributed by atoms with van der Waals surface area (Å²) in [6.07, 6.45) is 0. The largest absolute Gasteiger partial charge is 0.493 e. The van der Waals surface area contributed by atoms with Crippen molar-refractivity contribution in [1.82, 2.24) is 0 Å². The molecule has 0 amide bonds. The molecule has 0 aliphatic carbocycles. The minimum absolute atomic E-state index is 0.0676. The number of benzene rings is 2. The molecule has 0 aliphatic heterocycles. The van der Waals surface area contributed by atoms with Gasteiger partial charge in [-0.3, -0.25) is 0 Å². The molecule has 4 heteroatoms. The smallest absolute Gasteiger partial charge is 0.119 e. The highest BCUT2D eigenvalue weighted by molar-refractivity contribution is 9.09. The second-order valence-electron chi connectivity index (χ2n) is 5.75. The molecule has 0 radical (unpaired) electrons. The van der Waals surface area contributed by atoms with Crippen LogP contribution in [0.5, 0.6) is 11.5 Å². The Balaban J connectivity index is 2.13. The molecule has 0 aromatic heterocycles. The van der Waals surface area contributed by atoms with Crippen LogP contribution < -0.4 is 9.47 Å². The fourth-order valence-corrected chi connectivity index (χ4v) is 2.74. The van der Waals surface area contributed by atoms with Crippen LogP contribution in [0.3, 0.4) is 0 Å². The van der Waals surface area contributed by atoms with E-state index in [9.17, 15) is 0 Å². The minimum atomic E-state index is -0.0676. The summed E-state index contributed by atoms with van der Waals surface area (Å²) >= 11 is 6.73. The van der Waals surface area contributed by atoms with E-state index in [0.29, 0.717) is 13.2 Å². The van der Waals surface area contributed by atoms with Gasteiger partial charge in [0.15, 0.2) is 0 Å². The molecule has 0 fully saturated rings. The van der Waals surface area contributed by atoms with Gasteiger partial charge in [0, 0.05) is 16.1 Å². The van der Waals surface area contributed by atoms with Gasteiger partial charge in [-0.1, -0.05) is 70.0 Å². The Kier molecular flexibility index (Phi) is 6.97. The number of ether oxygens (including phenoxy) is 2. The SMILES string of the molecule is CC(C)(c1ccc(OCCBr)cc1)c1ccc(OCCBr)cc1. The predicted octanol–water partition coefficient (Wildman–Crippen LogP) is 5.56. The predicted molar refractivity (Wildman–Crippen MR) is 104 cm³/mol. The summed E-state index contributed by atoms with van der Waals surface area (Å²) in [6, 6.07) is 16.7. The normalized spacial score (nSPS) is 11.3. The van der Waals surface area contributed by atoms with E-state index >= 15 is 0 Å². The molecule has 23 heavy (non-hydrogen) atoms. The first kappa shape index (κ1) is 18.3. The first-order valence-electron chi connectivity index (χ1n) is 7.66. The quantitative estimate of drug-likeness (QED) is 0.499. The van der Waals surface area contributed by atoms with E-state index in [1.165, 1.54) is 11.1 Å². The van der Waals surface area contributed by atoms with Crippen molar-refractivity contribution in [2.24, 2.45) is 0 Å². The number of halogens is 2. The van der Waals surface area contributed by atoms with Gasteiger partial charge in [-0.05, 0) is 35.4 Å². The van der Waals surface area contributed by atoms with Crippen molar-refractivity contribution in [1.29, 1.82) is 0 Å². The van der Waals surface area contributed by atoms with Crippen LogP contribution in [0.25, 0.3) is 0 Å². The highest BCUT2D eigenvalue weighted by Gasteiger charge is 2.23. The monoisotopic (exact) mass is 440 g/mol. The lowest BCUT2D eigenvalue weighted by molar-refractivity contribution is 0.344. The summed E-state index contributed by atoms with van der Waals surface area (Å²) in [5, 5.41) is 1.67. The van der Waals surface area contributed by atoms with Crippen LogP contribution in [0.15, 0.2) is 48.5 Å². The highest BCUT2D eigenvalue weighted by Crippen LogP contribution is 2.33. The first-order chi connectivity index (χ1) is 11.1. The van der Waals surface area contributed by atoms with Crippen LogP contribution in [0.2, 0.25) is 0 Å². The maximum absolute atomic E-state index is 5.61. The zero-order valence-electron chi connectivity index (χ0n) is 13.5. The molecule has 2 aromatic rings. The van der Waals surface area contributed by atoms with Gasteiger partial charge in [0.05, 0.1) is 13.2 Å². The van der Waals surface area contributed by atoms with Gasteiger partial charge < -0.3 is 9.47 Å². The van der Waals surface area contributed by atoms with Gasteiger partial charge in [0.2, 0.25) is 0 Å². The van der Waals surface area contributed by atoms with Crippen LogP contribution in [-0.4, -0.2) is 23.9 Å². The Morgan fingerprint density at radius 3 is 1.35 bits per heavy atom. The summed E-state index contributed by atoms with van der Waals surface area (Å²) in [7, 11) is 0. The Morgan fingerprint density at radius 1 is 0.696 bits per heavy atom. The Morgan fingerprint density at radius 2 is 1.04 bits per heavy atom. The maximum Gasteiger partial charge on any atom is 0.119 e. The van der Waals surface area contributed by atoms with Crippen LogP contribution in [0.1, 0.15) is 25.0 Å². The molecule has 0 unspecified atom stereocenters. The zero-order chi connectivity index (χ0) is 16.7. The Hall–Kier alpha value is -1.00. The summed E-state index contributed by atoms with van der Waals surface area (Å²) in [5.74, 6) is 1.81. The average Bonchev–Trinajstić information content (AvgIpc) is 2.59. The molecule has 0 bridgehead atoms. The molecule has 2 rings (SSSR count). The molecule has 0 saturated heterocycles. The summed E-state index contributed by atoms with van der Waals surface area (Å²) in [4.78, 5) is 0. The summed E-state index contributed by atoms with van der Waals surface area (Å²) < 4.78 is 11.2. The molecule has 0 atom stereocenters. The van der Waals surface area contributed by atoms with E-state index in [-0.39, 0.29) is 5.41 Å². The summed E-state index contributed by atoms with van der Waals surface area (Å²) in [5.41, 5.74) is 2.46. The molecule has 2 aromatic carbocycles. The molecule has 124 valence electrons. The lowest BCUT2D eigenvalue weighted by Gasteiger charge is -2.26. The number of hydrogen-bond donors (Lipinski definition) is 0. The highest BCUT2D eigenvalue weighted by atomic mass is 79.9. The van der Waals surface area contributed by atoms with E-state index < -0.39 is 0 Å². The van der Waals surface area contributed by atoms with Crippen molar-refractivity contribution >= 4 is 31.9 Å². The molecular weight excluding hydrogens is 420 g/mol. The zero-order valence-corrected chi connectivity index (χ0v) is 16.7. The molecule has 0 spiro atoms. The van der Waals surface area contributed by atoms with Gasteiger partial charge >= 0.3 is 0 Å². The number of alkyl halides is 2. The summed E-state index contributed by atoms with van der Waals surface area (Å²) in [6.45, 7) is 5.82. The van der Waals surface area contributed by atoms with Crippen LogP contribution in [-0.2, 0) is 5.41 Å². The van der Waals surface area contributed by atoms with Crippen molar-refractivity contribution < 1.29 is 9.47 Å². The van der Waals surface area contributed by atoms with Gasteiger partial charge in [-0.25, -0.2) is 0 Å². The maximum atomic E-state index is 5.61. The van der Waals surface area contributed by atoms with Crippen LogP contribution in [0.4, 0.5) is 0 Å². The van der Waals surface area contributed by atoms with E-state index in [1.54, 1.807) is 0 Å². The van der Waals surface area contributed by atoms with Gasteiger partial charge in [0.25, 0.3) is 0 Å². The van der Waals surface area contributed by atoms with Crippen molar-refractivity contribution in [3.63, 3.8) is 0 Å². The Labute approximate surface area is 155 Å². The third kappa shape index (κ3) is 4.98. The number of hydrogen-bond acceptors (Lipinski definition) is 2. The van der Waals surface area contributed by atoms with Crippen molar-refractivity contribution in [2.75, 3.05) is 23.9 Å². The number of rotatable bonds is 8. The van der Waals surface area contributed by atoms with Gasteiger partial charge in [0.1, 0.15) is 11.5 Å². The molecular formula is C19H22Br2O2. The van der Waals surface area contributed by atoms with E-state index in [0.717, 1.165) is 22.2 Å². The second-order valence-corrected chi connectivity index (χ2v) is 7.33. The van der Waals surface area contributed by atoms with Crippen molar-refractivity contribution in [3.05, 3.63) is 59.7 Å². The fraction of sp³-hybridized carbons (Fsp3) is 0.368. The minimum Gasteiger partial charge on any atom is -0.493 e. The van der Waals surface area contributed by atoms with E-state index in [4.69, 9.17) is 9.47 Å². The third-order valence-corrected chi connectivity index (χ3v) is 4.49. The molecule has 0 saturated carbocycles. The van der Waals surface area contributed by atoms with Crippen LogP contribution in [0, 0.1) is 0 Å². The van der Waals surface area contributed by atoms with Gasteiger partial charge in [-0.15, -0.1) is 0 Å². The van der Waals surface area contributed by atoms with E-state index in [2.05, 4.69) is 70.0 Å². The average molecular weight is 442 g/mol. The molecule has 0 aliphatic rings. The second kappa shape index (κ2) is 8.74. The molecule has 0 N–H and O–H groups in total. The topological polar surface area (TPSA) is 18.5 Å². The van der Waals surface area contributed by atoms with E-state index in [1.807, 2.05) is 24.3 Å². The lowest BCUT2D eigenvalue weighted by Crippen LogP contribution is -2.18. The van der Waals surface area contributed by atoms with Crippen LogP contribution >= 0.6 is 31.9 Å². The lowest BCUT2D eigenvalue weighted by atomic mass is 9.78. The Bertz CT molecular complexity index is 538.